The number of fused-ring (bicyclic) bond motifs is 1. The molecule has 0 bridgehead atoms. The molecule has 11 heteroatoms. The number of nitrogens with one attached hydrogen (secondary N) is 2. The molecule has 0 saturated heterocycles. The van der Waals surface area contributed by atoms with Crippen LogP contribution in [0.3, 0.4) is 0 Å². The summed E-state index contributed by atoms with van der Waals surface area (Å²) in [5.74, 6) is 1.83. The third-order valence-electron chi connectivity index (χ3n) is 6.86. The number of ether oxygens (including phenoxy) is 3. The first kappa shape index (κ1) is 27.9. The number of carbonyl (C=O) groups is 1. The summed E-state index contributed by atoms with van der Waals surface area (Å²) >= 11 is 1.51. The van der Waals surface area contributed by atoms with Crippen LogP contribution in [0.4, 0.5) is 11.6 Å². The molecule has 1 amide bonds. The molecular formula is C30H31N5O5S. The lowest BCUT2D eigenvalue weighted by Gasteiger charge is -2.29. The number of hydrogen-bond donors (Lipinski definition) is 3. The summed E-state index contributed by atoms with van der Waals surface area (Å²) in [5.41, 5.74) is 4.65. The molecular weight excluding hydrogens is 542 g/mol. The van der Waals surface area contributed by atoms with Gasteiger partial charge in [-0.2, -0.15) is 4.98 Å². The zero-order valence-electron chi connectivity index (χ0n) is 23.4. The quantitative estimate of drug-likeness (QED) is 0.222. The maximum Gasteiger partial charge on any atom is 0.255 e. The van der Waals surface area contributed by atoms with Crippen molar-refractivity contribution < 1.29 is 24.1 Å². The molecule has 2 heterocycles. The number of aryl methyl sites for hydroxylation is 1. The molecule has 3 aromatic carbocycles. The largest absolute Gasteiger partial charge is 0.502 e. The van der Waals surface area contributed by atoms with Gasteiger partial charge in [-0.15, -0.1) is 5.10 Å². The van der Waals surface area contributed by atoms with Crippen molar-refractivity contribution >= 4 is 29.3 Å². The van der Waals surface area contributed by atoms with Crippen molar-refractivity contribution in [3.63, 3.8) is 0 Å². The van der Waals surface area contributed by atoms with Crippen LogP contribution in [0.15, 0.2) is 77.1 Å². The van der Waals surface area contributed by atoms with Crippen LogP contribution < -0.4 is 24.8 Å². The molecule has 0 saturated carbocycles. The molecule has 0 radical (unpaired) electrons. The Hall–Kier alpha value is -4.64. The van der Waals surface area contributed by atoms with Crippen LogP contribution in [0.5, 0.6) is 23.0 Å². The number of carbonyl (C=O) groups excluding carboxylic acids is 1. The second kappa shape index (κ2) is 11.8. The molecule has 1 aliphatic rings. The van der Waals surface area contributed by atoms with E-state index in [-0.39, 0.29) is 23.2 Å². The van der Waals surface area contributed by atoms with Gasteiger partial charge in [0.1, 0.15) is 11.8 Å². The smallest absolute Gasteiger partial charge is 0.255 e. The zero-order valence-corrected chi connectivity index (χ0v) is 24.2. The van der Waals surface area contributed by atoms with Crippen molar-refractivity contribution in [2.75, 3.05) is 32.0 Å². The van der Waals surface area contributed by atoms with Crippen LogP contribution in [0.25, 0.3) is 0 Å². The summed E-state index contributed by atoms with van der Waals surface area (Å²) in [7, 11) is 4.50. The van der Waals surface area contributed by atoms with Gasteiger partial charge < -0.3 is 30.0 Å². The fourth-order valence-electron chi connectivity index (χ4n) is 4.65. The second-order valence-electron chi connectivity index (χ2n) is 9.40. The number of aromatic hydroxyl groups is 1. The summed E-state index contributed by atoms with van der Waals surface area (Å²) in [4.78, 5) is 18.6. The van der Waals surface area contributed by atoms with Gasteiger partial charge >= 0.3 is 0 Å². The number of allylic oxidation sites excluding steroid dienone is 1. The number of thioether (sulfide) groups is 1. The minimum Gasteiger partial charge on any atom is -0.502 e. The highest BCUT2D eigenvalue weighted by atomic mass is 32.2. The van der Waals surface area contributed by atoms with E-state index < -0.39 is 6.04 Å². The monoisotopic (exact) mass is 573 g/mol. The molecule has 1 aliphatic heterocycles. The topological polar surface area (TPSA) is 120 Å². The minimum absolute atomic E-state index is 0.133. The van der Waals surface area contributed by atoms with Gasteiger partial charge in [-0.1, -0.05) is 36.0 Å². The summed E-state index contributed by atoms with van der Waals surface area (Å²) in [6.07, 6.45) is 0. The zero-order chi connectivity index (χ0) is 29.1. The Balaban J connectivity index is 1.55. The van der Waals surface area contributed by atoms with Crippen LogP contribution >= 0.6 is 11.8 Å². The first-order chi connectivity index (χ1) is 19.8. The van der Waals surface area contributed by atoms with Crippen LogP contribution in [-0.2, 0) is 10.5 Å². The number of rotatable bonds is 9. The molecule has 0 aliphatic carbocycles. The van der Waals surface area contributed by atoms with Gasteiger partial charge in [-0.05, 0) is 66.9 Å². The number of phenols is 1. The van der Waals surface area contributed by atoms with E-state index in [1.165, 1.54) is 37.1 Å². The van der Waals surface area contributed by atoms with E-state index in [0.29, 0.717) is 45.1 Å². The number of aromatic nitrogens is 3. The summed E-state index contributed by atoms with van der Waals surface area (Å²) in [5, 5.41) is 22.2. The Bertz CT molecular complexity index is 1590. The fraction of sp³-hybridized carbons (Fsp3) is 0.233. The van der Waals surface area contributed by atoms with E-state index in [9.17, 15) is 9.90 Å². The Morgan fingerprint density at radius 3 is 2.34 bits per heavy atom. The summed E-state index contributed by atoms with van der Waals surface area (Å²) in [6.45, 7) is 3.90. The van der Waals surface area contributed by atoms with E-state index in [0.717, 1.165) is 0 Å². The lowest BCUT2D eigenvalue weighted by molar-refractivity contribution is -0.113. The van der Waals surface area contributed by atoms with E-state index in [1.54, 1.807) is 48.2 Å². The highest BCUT2D eigenvalue weighted by Crippen LogP contribution is 2.44. The van der Waals surface area contributed by atoms with Crippen molar-refractivity contribution in [1.29, 1.82) is 0 Å². The number of amides is 1. The van der Waals surface area contributed by atoms with E-state index >= 15 is 0 Å². The molecule has 0 fully saturated rings. The number of methoxy groups -OCH3 is 3. The number of benzene rings is 3. The molecule has 3 N–H and O–H groups in total. The lowest BCUT2D eigenvalue weighted by atomic mass is 9.94. The normalized spacial score (nSPS) is 14.2. The predicted octanol–water partition coefficient (Wildman–Crippen LogP) is 5.54. The molecule has 1 atom stereocenters. The molecule has 1 aromatic heterocycles. The minimum atomic E-state index is -0.701. The Kier molecular flexibility index (Phi) is 8.06. The first-order valence-corrected chi connectivity index (χ1v) is 13.8. The average molecular weight is 574 g/mol. The molecule has 212 valence electrons. The van der Waals surface area contributed by atoms with Gasteiger partial charge in [0.25, 0.3) is 5.91 Å². The first-order valence-electron chi connectivity index (χ1n) is 12.8. The molecule has 5 rings (SSSR count). The Morgan fingerprint density at radius 2 is 1.71 bits per heavy atom. The van der Waals surface area contributed by atoms with Crippen LogP contribution in [0.2, 0.25) is 0 Å². The third kappa shape index (κ3) is 5.66. The SMILES string of the molecule is COc1ccc(NC(=O)C2=C(C)Nc3nc(SCc4ccccc4C)nn3[C@H]2c2cc(OC)c(O)c(OC)c2)cc1. The Morgan fingerprint density at radius 1 is 1.02 bits per heavy atom. The van der Waals surface area contributed by atoms with Crippen molar-refractivity contribution in [2.24, 2.45) is 0 Å². The van der Waals surface area contributed by atoms with Crippen molar-refractivity contribution in [3.8, 4) is 23.0 Å². The third-order valence-corrected chi connectivity index (χ3v) is 7.75. The van der Waals surface area contributed by atoms with E-state index in [4.69, 9.17) is 24.3 Å². The maximum atomic E-state index is 13.8. The van der Waals surface area contributed by atoms with Crippen LogP contribution in [0.1, 0.15) is 29.7 Å². The lowest BCUT2D eigenvalue weighted by Crippen LogP contribution is -2.31. The molecule has 0 unspecified atom stereocenters. The highest BCUT2D eigenvalue weighted by Gasteiger charge is 2.35. The molecule has 4 aromatic rings. The number of anilines is 2. The summed E-state index contributed by atoms with van der Waals surface area (Å²) in [6, 6.07) is 17.9. The Labute approximate surface area is 242 Å². The van der Waals surface area contributed by atoms with E-state index in [1.807, 2.05) is 19.1 Å². The predicted molar refractivity (Wildman–Crippen MR) is 158 cm³/mol. The summed E-state index contributed by atoms with van der Waals surface area (Å²) < 4.78 is 17.8. The van der Waals surface area contributed by atoms with Crippen molar-refractivity contribution in [1.82, 2.24) is 14.8 Å². The van der Waals surface area contributed by atoms with Gasteiger partial charge in [0.05, 0.1) is 26.9 Å². The van der Waals surface area contributed by atoms with Crippen molar-refractivity contribution in [2.45, 2.75) is 30.8 Å². The number of hydrogen-bond acceptors (Lipinski definition) is 9. The van der Waals surface area contributed by atoms with Gasteiger partial charge in [0, 0.05) is 17.1 Å². The maximum absolute atomic E-state index is 13.8. The molecule has 0 spiro atoms. The fourth-order valence-corrected chi connectivity index (χ4v) is 5.56. The molecule has 41 heavy (non-hydrogen) atoms. The van der Waals surface area contributed by atoms with Gasteiger partial charge in [-0.3, -0.25) is 4.79 Å². The van der Waals surface area contributed by atoms with Crippen LogP contribution in [0, 0.1) is 6.92 Å². The second-order valence-corrected chi connectivity index (χ2v) is 10.3. The van der Waals surface area contributed by atoms with Gasteiger partial charge in [0.15, 0.2) is 11.5 Å². The van der Waals surface area contributed by atoms with Crippen molar-refractivity contribution in [3.05, 3.63) is 88.6 Å². The number of phenolic OH excluding ortho intramolecular Hbond substituents is 1. The molecule has 10 nitrogen and oxygen atoms in total. The average Bonchev–Trinajstić information content (AvgIpc) is 3.38. The van der Waals surface area contributed by atoms with Crippen LogP contribution in [-0.4, -0.2) is 47.1 Å². The van der Waals surface area contributed by atoms with Gasteiger partial charge in [0.2, 0.25) is 16.9 Å². The standard InChI is InChI=1S/C30H31N5O5S/c1-17-8-6-7-9-19(17)16-41-30-33-29-31-18(2)25(28(37)32-21-10-12-22(38-3)13-11-21)26(35(29)34-30)20-14-23(39-4)27(36)24(15-20)40-5/h6-15,26,36H,16H2,1-5H3,(H,32,37)(H,31,33,34)/t26-/m0/s1. The number of nitrogens with zero attached hydrogens (tertiary/aromatic N) is 3. The van der Waals surface area contributed by atoms with E-state index in [2.05, 4.69) is 29.7 Å². The van der Waals surface area contributed by atoms with Gasteiger partial charge in [-0.25, -0.2) is 4.68 Å². The highest BCUT2D eigenvalue weighted by molar-refractivity contribution is 7.98.